The first-order chi connectivity index (χ1) is 17.6. The minimum Gasteiger partial charge on any atom is -0.497 e. The molecule has 0 saturated carbocycles. The minimum absolute atomic E-state index is 0.386. The highest BCUT2D eigenvalue weighted by atomic mass is 16.5. The molecule has 1 heterocycles. The minimum atomic E-state index is -0.757. The lowest BCUT2D eigenvalue weighted by atomic mass is 9.96. The van der Waals surface area contributed by atoms with Crippen molar-refractivity contribution in [2.75, 3.05) is 25.2 Å². The fourth-order valence-electron chi connectivity index (χ4n) is 4.12. The van der Waals surface area contributed by atoms with Crippen LogP contribution in [-0.2, 0) is 17.8 Å². The molecule has 4 aromatic rings. The maximum absolute atomic E-state index is 11.5. The number of carboxylic acids is 1. The normalized spacial score (nSPS) is 11.8. The summed E-state index contributed by atoms with van der Waals surface area (Å²) in [4.78, 5) is 18.3. The molecule has 1 aromatic heterocycles. The number of benzene rings is 3. The lowest BCUT2D eigenvalue weighted by molar-refractivity contribution is -0.141. The summed E-state index contributed by atoms with van der Waals surface area (Å²) in [6, 6.07) is 23.9. The van der Waals surface area contributed by atoms with E-state index in [1.165, 1.54) is 0 Å². The Labute approximate surface area is 211 Å². The molecule has 36 heavy (non-hydrogen) atoms. The van der Waals surface area contributed by atoms with Crippen LogP contribution in [0.25, 0.3) is 11.1 Å². The highest BCUT2D eigenvalue weighted by Gasteiger charge is 2.18. The van der Waals surface area contributed by atoms with E-state index in [0.717, 1.165) is 40.1 Å². The molecule has 0 aliphatic rings. The largest absolute Gasteiger partial charge is 0.497 e. The van der Waals surface area contributed by atoms with Gasteiger partial charge in [0.2, 0.25) is 0 Å². The van der Waals surface area contributed by atoms with Crippen LogP contribution in [0.1, 0.15) is 30.9 Å². The van der Waals surface area contributed by atoms with Crippen LogP contribution >= 0.6 is 0 Å². The van der Waals surface area contributed by atoms with Gasteiger partial charge < -0.3 is 23.9 Å². The van der Waals surface area contributed by atoms with E-state index >= 15 is 0 Å². The Morgan fingerprint density at radius 2 is 1.78 bits per heavy atom. The summed E-state index contributed by atoms with van der Waals surface area (Å²) < 4.78 is 17.2. The smallest absolute Gasteiger partial charge is 0.306 e. The van der Waals surface area contributed by atoms with Gasteiger partial charge in [0, 0.05) is 13.1 Å². The number of nitrogens with zero attached hydrogens (tertiary/aromatic N) is 2. The van der Waals surface area contributed by atoms with E-state index in [1.807, 2.05) is 67.6 Å². The van der Waals surface area contributed by atoms with Gasteiger partial charge in [-0.2, -0.15) is 4.98 Å². The van der Waals surface area contributed by atoms with Gasteiger partial charge in [-0.05, 0) is 66.8 Å². The molecule has 0 fully saturated rings. The first-order valence-corrected chi connectivity index (χ1v) is 12.2. The van der Waals surface area contributed by atoms with Gasteiger partial charge in [0.25, 0.3) is 6.01 Å². The van der Waals surface area contributed by atoms with Crippen molar-refractivity contribution in [1.29, 1.82) is 0 Å². The van der Waals surface area contributed by atoms with Crippen LogP contribution in [0.15, 0.2) is 77.2 Å². The van der Waals surface area contributed by atoms with Crippen LogP contribution < -0.4 is 14.4 Å². The average molecular weight is 489 g/mol. The second-order valence-electron chi connectivity index (χ2n) is 8.73. The third-order valence-corrected chi connectivity index (χ3v) is 6.14. The Morgan fingerprint density at radius 1 is 1.03 bits per heavy atom. The summed E-state index contributed by atoms with van der Waals surface area (Å²) in [7, 11) is 1.64. The number of carbonyl (C=O) groups is 1. The van der Waals surface area contributed by atoms with Crippen LogP contribution in [0.4, 0.5) is 6.01 Å². The molecule has 1 N–H and O–H groups in total. The molecular formula is C29H32N2O5. The number of aromatic nitrogens is 1. The van der Waals surface area contributed by atoms with Crippen molar-refractivity contribution in [1.82, 2.24) is 4.98 Å². The van der Waals surface area contributed by atoms with Crippen molar-refractivity contribution < 1.29 is 23.8 Å². The Kier molecular flexibility index (Phi) is 8.44. The highest BCUT2D eigenvalue weighted by Crippen LogP contribution is 2.24. The monoisotopic (exact) mass is 488 g/mol. The Bertz CT molecular complexity index is 1240. The molecule has 3 aromatic carbocycles. The van der Waals surface area contributed by atoms with Crippen LogP contribution in [-0.4, -0.2) is 36.3 Å². The van der Waals surface area contributed by atoms with E-state index in [0.29, 0.717) is 38.6 Å². The molecule has 0 saturated heterocycles. The van der Waals surface area contributed by atoms with Crippen molar-refractivity contribution in [2.24, 2.45) is 5.92 Å². The second-order valence-corrected chi connectivity index (χ2v) is 8.73. The predicted molar refractivity (Wildman–Crippen MR) is 140 cm³/mol. The first kappa shape index (κ1) is 25.1. The molecule has 188 valence electrons. The number of carboxylic acid groups (broad SMARTS) is 1. The summed E-state index contributed by atoms with van der Waals surface area (Å²) in [6.45, 7) is 3.72. The van der Waals surface area contributed by atoms with E-state index < -0.39 is 5.97 Å². The topological polar surface area (TPSA) is 85.0 Å². The van der Waals surface area contributed by atoms with Crippen molar-refractivity contribution in [3.05, 3.63) is 83.9 Å². The summed E-state index contributed by atoms with van der Waals surface area (Å²) in [5.41, 5.74) is 3.65. The molecule has 0 amide bonds. The molecule has 0 bridgehead atoms. The first-order valence-electron chi connectivity index (χ1n) is 12.2. The molecular weight excluding hydrogens is 456 g/mol. The summed E-state index contributed by atoms with van der Waals surface area (Å²) in [5, 5.41) is 9.45. The quantitative estimate of drug-likeness (QED) is 0.232. The maximum atomic E-state index is 11.5. The Balaban J connectivity index is 1.46. The number of para-hydroxylation sites is 2. The van der Waals surface area contributed by atoms with Gasteiger partial charge >= 0.3 is 5.97 Å². The van der Waals surface area contributed by atoms with Crippen LogP contribution in [0, 0.1) is 5.92 Å². The van der Waals surface area contributed by atoms with Gasteiger partial charge in [0.1, 0.15) is 17.0 Å². The van der Waals surface area contributed by atoms with Gasteiger partial charge in [0.15, 0.2) is 5.58 Å². The van der Waals surface area contributed by atoms with Crippen LogP contribution in [0.2, 0.25) is 0 Å². The number of aliphatic carboxylic acids is 1. The fourth-order valence-corrected chi connectivity index (χ4v) is 4.12. The van der Waals surface area contributed by atoms with Gasteiger partial charge in [-0.25, -0.2) is 0 Å². The lowest BCUT2D eigenvalue weighted by Crippen LogP contribution is -2.25. The molecule has 0 spiro atoms. The van der Waals surface area contributed by atoms with Gasteiger partial charge in [-0.15, -0.1) is 0 Å². The van der Waals surface area contributed by atoms with Crippen molar-refractivity contribution in [2.45, 2.75) is 32.7 Å². The number of methoxy groups -OCH3 is 1. The summed E-state index contributed by atoms with van der Waals surface area (Å²) in [6.07, 6.45) is 1.88. The number of rotatable bonds is 13. The molecule has 0 unspecified atom stereocenters. The molecule has 0 aliphatic carbocycles. The molecule has 1 atom stereocenters. The van der Waals surface area contributed by atoms with Crippen molar-refractivity contribution in [3.63, 3.8) is 0 Å². The number of anilines is 1. The van der Waals surface area contributed by atoms with E-state index in [9.17, 15) is 9.90 Å². The zero-order valence-corrected chi connectivity index (χ0v) is 20.7. The molecule has 7 heteroatoms. The Morgan fingerprint density at radius 3 is 2.50 bits per heavy atom. The zero-order valence-electron chi connectivity index (χ0n) is 20.7. The van der Waals surface area contributed by atoms with Crippen molar-refractivity contribution in [3.8, 4) is 11.5 Å². The van der Waals surface area contributed by atoms with Crippen molar-refractivity contribution >= 4 is 23.1 Å². The summed E-state index contributed by atoms with van der Waals surface area (Å²) in [5.74, 6) is 0.442. The average Bonchev–Trinajstić information content (AvgIpc) is 3.34. The SMILES string of the molecule is CC[C@@H](Cc1cccc(CN(CCCOc2ccc(OC)cc2)c2nc3ccccc3o2)c1)C(=O)O. The lowest BCUT2D eigenvalue weighted by Gasteiger charge is -2.21. The molecule has 0 aliphatic heterocycles. The second kappa shape index (κ2) is 12.1. The van der Waals surface area contributed by atoms with E-state index in [-0.39, 0.29) is 5.92 Å². The van der Waals surface area contributed by atoms with Gasteiger partial charge in [-0.1, -0.05) is 43.3 Å². The Hall–Kier alpha value is -4.00. The zero-order chi connectivity index (χ0) is 25.3. The fraction of sp³-hybridized carbons (Fsp3) is 0.310. The van der Waals surface area contributed by atoms with Gasteiger partial charge in [-0.3, -0.25) is 4.79 Å². The van der Waals surface area contributed by atoms with E-state index in [4.69, 9.17) is 18.9 Å². The predicted octanol–water partition coefficient (Wildman–Crippen LogP) is 5.97. The van der Waals surface area contributed by atoms with E-state index in [2.05, 4.69) is 17.0 Å². The van der Waals surface area contributed by atoms with Crippen LogP contribution in [0.5, 0.6) is 11.5 Å². The van der Waals surface area contributed by atoms with Gasteiger partial charge in [0.05, 0.1) is 19.6 Å². The standard InChI is InChI=1S/C29H32N2O5/c1-3-23(28(32)33)19-21-8-6-9-22(18-21)20-31(29-30-26-10-4-5-11-27(26)36-29)16-7-17-35-25-14-12-24(34-2)13-15-25/h4-6,8-15,18,23H,3,7,16-17,19-20H2,1-2H3,(H,32,33)/t23-/m0/s1. The number of ether oxygens (including phenoxy) is 2. The number of oxazole rings is 1. The number of hydrogen-bond donors (Lipinski definition) is 1. The molecule has 7 nitrogen and oxygen atoms in total. The highest BCUT2D eigenvalue weighted by molar-refractivity contribution is 5.74. The molecule has 0 radical (unpaired) electrons. The maximum Gasteiger partial charge on any atom is 0.306 e. The van der Waals surface area contributed by atoms with Crippen LogP contribution in [0.3, 0.4) is 0 Å². The number of fused-ring (bicyclic) bond motifs is 1. The molecule has 4 rings (SSSR count). The third kappa shape index (κ3) is 6.56. The summed E-state index contributed by atoms with van der Waals surface area (Å²) >= 11 is 0. The van der Waals surface area contributed by atoms with E-state index in [1.54, 1.807) is 7.11 Å². The number of hydrogen-bond acceptors (Lipinski definition) is 6. The third-order valence-electron chi connectivity index (χ3n) is 6.14.